The number of nitrogens with one attached hydrogen (secondary N) is 1. The topological polar surface area (TPSA) is 71.0 Å². The van der Waals surface area contributed by atoms with Gasteiger partial charge in [0.15, 0.2) is 5.78 Å². The lowest BCUT2D eigenvalue weighted by molar-refractivity contribution is 0.0944. The van der Waals surface area contributed by atoms with Crippen LogP contribution in [0, 0.1) is 0 Å². The normalized spacial score (nSPS) is 17.4. The Bertz CT molecular complexity index is 1070. The number of likely N-dealkylation sites (tertiary alicyclic amines) is 1. The highest BCUT2D eigenvalue weighted by Gasteiger charge is 2.28. The lowest BCUT2D eigenvalue weighted by Crippen LogP contribution is -2.37. The zero-order valence-corrected chi connectivity index (χ0v) is 20.5. The van der Waals surface area contributed by atoms with E-state index in [9.17, 15) is 9.59 Å². The van der Waals surface area contributed by atoms with Gasteiger partial charge in [-0.25, -0.2) is 0 Å². The molecule has 0 aliphatic carbocycles. The molecule has 0 atom stereocenters. The van der Waals surface area contributed by atoms with Gasteiger partial charge in [0.25, 0.3) is 5.91 Å². The summed E-state index contributed by atoms with van der Waals surface area (Å²) in [7, 11) is 1.64. The molecule has 2 aromatic carbocycles. The van der Waals surface area contributed by atoms with Gasteiger partial charge in [0, 0.05) is 29.8 Å². The third-order valence-corrected chi connectivity index (χ3v) is 6.65. The van der Waals surface area contributed by atoms with Crippen LogP contribution in [0.2, 0.25) is 0 Å². The van der Waals surface area contributed by atoms with E-state index in [2.05, 4.69) is 30.1 Å². The van der Waals surface area contributed by atoms with Crippen molar-refractivity contribution >= 4 is 17.4 Å². The van der Waals surface area contributed by atoms with Crippen molar-refractivity contribution in [2.75, 3.05) is 33.3 Å². The summed E-state index contributed by atoms with van der Waals surface area (Å²) in [5.74, 6) is 0.645. The van der Waals surface area contributed by atoms with Crippen molar-refractivity contribution in [2.45, 2.75) is 51.5 Å². The predicted molar refractivity (Wildman–Crippen MR) is 135 cm³/mol. The summed E-state index contributed by atoms with van der Waals surface area (Å²) >= 11 is 0. The molecule has 180 valence electrons. The molecule has 0 spiro atoms. The Hall–Kier alpha value is -2.99. The van der Waals surface area contributed by atoms with Crippen LogP contribution in [0.4, 0.5) is 0 Å². The summed E-state index contributed by atoms with van der Waals surface area (Å²) in [6.07, 6.45) is 4.83. The van der Waals surface area contributed by atoms with Gasteiger partial charge in [0.05, 0.1) is 24.8 Å². The maximum Gasteiger partial charge on any atom is 0.251 e. The summed E-state index contributed by atoms with van der Waals surface area (Å²) in [5.41, 5.74) is 3.85. The highest BCUT2D eigenvalue weighted by atomic mass is 16.5. The second kappa shape index (κ2) is 10.5. The number of hydrogen-bond acceptors (Lipinski definition) is 5. The molecule has 0 unspecified atom stereocenters. The van der Waals surface area contributed by atoms with Crippen molar-refractivity contribution in [3.63, 3.8) is 0 Å². The molecule has 34 heavy (non-hydrogen) atoms. The number of hydrogen-bond donors (Lipinski definition) is 1. The van der Waals surface area contributed by atoms with Gasteiger partial charge in [-0.3, -0.25) is 14.6 Å². The summed E-state index contributed by atoms with van der Waals surface area (Å²) in [6.45, 7) is 7.93. The van der Waals surface area contributed by atoms with Crippen LogP contribution in [0.5, 0.6) is 5.75 Å². The molecule has 1 amide bonds. The van der Waals surface area contributed by atoms with E-state index in [0.717, 1.165) is 43.1 Å². The number of ketones is 1. The van der Waals surface area contributed by atoms with E-state index in [1.54, 1.807) is 31.4 Å². The Balaban J connectivity index is 1.39. The summed E-state index contributed by atoms with van der Waals surface area (Å²) in [4.78, 5) is 32.9. The Kier molecular flexibility index (Phi) is 7.47. The Morgan fingerprint density at radius 2 is 1.74 bits per heavy atom. The smallest absolute Gasteiger partial charge is 0.251 e. The minimum Gasteiger partial charge on any atom is -0.497 e. The molecular formula is C28H35N3O3. The molecule has 1 fully saturated rings. The summed E-state index contributed by atoms with van der Waals surface area (Å²) < 4.78 is 5.39. The predicted octanol–water partition coefficient (Wildman–Crippen LogP) is 4.31. The number of amides is 1. The number of Topliss-reactive ketones (excluding diaryl/α,β-unsaturated/α-hetero) is 1. The molecule has 2 aliphatic rings. The maximum absolute atomic E-state index is 13.1. The standard InChI is InChI=1S/C28H35N3O3/c1-28(2)19-22-11-12-23(34-3)17-24(22)25(30-28)18-26(32)20-7-9-21(10-8-20)27(33)29-13-16-31-14-5-4-6-15-31/h7-12,17H,4-6,13-16,18-19H2,1-3H3,(H,29,33). The monoisotopic (exact) mass is 461 g/mol. The van der Waals surface area contributed by atoms with Crippen LogP contribution in [-0.4, -0.2) is 61.1 Å². The first kappa shape index (κ1) is 24.1. The van der Waals surface area contributed by atoms with Gasteiger partial charge >= 0.3 is 0 Å². The molecule has 0 aromatic heterocycles. The van der Waals surface area contributed by atoms with E-state index >= 15 is 0 Å². The zero-order chi connectivity index (χ0) is 24.1. The van der Waals surface area contributed by atoms with Crippen LogP contribution < -0.4 is 10.1 Å². The minimum atomic E-state index is -0.257. The first-order valence-electron chi connectivity index (χ1n) is 12.2. The molecule has 6 nitrogen and oxygen atoms in total. The second-order valence-electron chi connectivity index (χ2n) is 9.91. The third kappa shape index (κ3) is 5.92. The van der Waals surface area contributed by atoms with E-state index in [-0.39, 0.29) is 23.7 Å². The molecule has 0 radical (unpaired) electrons. The van der Waals surface area contributed by atoms with Crippen molar-refractivity contribution in [2.24, 2.45) is 4.99 Å². The molecule has 1 saturated heterocycles. The van der Waals surface area contributed by atoms with E-state index in [0.29, 0.717) is 17.7 Å². The summed E-state index contributed by atoms with van der Waals surface area (Å²) in [6, 6.07) is 12.9. The molecule has 0 saturated carbocycles. The van der Waals surface area contributed by atoms with Crippen LogP contribution in [0.15, 0.2) is 47.5 Å². The maximum atomic E-state index is 13.1. The molecule has 2 heterocycles. The Morgan fingerprint density at radius 3 is 2.44 bits per heavy atom. The number of nitrogens with zero attached hydrogens (tertiary/aromatic N) is 2. The van der Waals surface area contributed by atoms with Crippen LogP contribution in [0.1, 0.15) is 71.4 Å². The number of ether oxygens (including phenoxy) is 1. The van der Waals surface area contributed by atoms with Crippen molar-refractivity contribution in [3.8, 4) is 5.75 Å². The quantitative estimate of drug-likeness (QED) is 0.595. The van der Waals surface area contributed by atoms with Crippen molar-refractivity contribution in [3.05, 3.63) is 64.7 Å². The largest absolute Gasteiger partial charge is 0.497 e. The van der Waals surface area contributed by atoms with E-state index < -0.39 is 0 Å². The average molecular weight is 462 g/mol. The average Bonchev–Trinajstić information content (AvgIpc) is 2.84. The molecule has 2 aliphatic heterocycles. The van der Waals surface area contributed by atoms with Gasteiger partial charge in [0.2, 0.25) is 0 Å². The number of fused-ring (bicyclic) bond motifs is 1. The number of carbonyl (C=O) groups is 2. The number of piperidine rings is 1. The van der Waals surface area contributed by atoms with Crippen molar-refractivity contribution in [1.29, 1.82) is 0 Å². The lowest BCUT2D eigenvalue weighted by Gasteiger charge is -2.29. The van der Waals surface area contributed by atoms with Gasteiger partial charge in [-0.1, -0.05) is 24.6 Å². The van der Waals surface area contributed by atoms with E-state index in [1.165, 1.54) is 24.8 Å². The van der Waals surface area contributed by atoms with Gasteiger partial charge in [0.1, 0.15) is 5.75 Å². The SMILES string of the molecule is COc1ccc2c(c1)C(CC(=O)c1ccc(C(=O)NCCN3CCCCC3)cc1)=NC(C)(C)C2. The molecule has 4 rings (SSSR count). The number of aliphatic imine (C=N–C) groups is 1. The van der Waals surface area contributed by atoms with E-state index in [1.807, 2.05) is 12.1 Å². The van der Waals surface area contributed by atoms with Gasteiger partial charge in [-0.2, -0.15) is 0 Å². The van der Waals surface area contributed by atoms with Gasteiger partial charge < -0.3 is 15.0 Å². The van der Waals surface area contributed by atoms with Crippen LogP contribution in [0.25, 0.3) is 0 Å². The fourth-order valence-electron chi connectivity index (χ4n) is 4.85. The van der Waals surface area contributed by atoms with Gasteiger partial charge in [-0.15, -0.1) is 0 Å². The number of benzene rings is 2. The number of methoxy groups -OCH3 is 1. The number of carbonyl (C=O) groups excluding carboxylic acids is 2. The Morgan fingerprint density at radius 1 is 1.03 bits per heavy atom. The molecular weight excluding hydrogens is 426 g/mol. The first-order chi connectivity index (χ1) is 16.3. The van der Waals surface area contributed by atoms with E-state index in [4.69, 9.17) is 9.73 Å². The zero-order valence-electron chi connectivity index (χ0n) is 20.5. The Labute approximate surface area is 202 Å². The van der Waals surface area contributed by atoms with Crippen LogP contribution in [0.3, 0.4) is 0 Å². The highest BCUT2D eigenvalue weighted by molar-refractivity contribution is 6.17. The third-order valence-electron chi connectivity index (χ3n) is 6.65. The first-order valence-corrected chi connectivity index (χ1v) is 12.2. The summed E-state index contributed by atoms with van der Waals surface area (Å²) in [5, 5.41) is 2.99. The van der Waals surface area contributed by atoms with Crippen molar-refractivity contribution in [1.82, 2.24) is 10.2 Å². The lowest BCUT2D eigenvalue weighted by atomic mass is 9.85. The molecule has 2 aromatic rings. The van der Waals surface area contributed by atoms with Gasteiger partial charge in [-0.05, 0) is 76.0 Å². The van der Waals surface area contributed by atoms with Crippen LogP contribution in [-0.2, 0) is 6.42 Å². The fraction of sp³-hybridized carbons (Fsp3) is 0.464. The number of rotatable bonds is 8. The van der Waals surface area contributed by atoms with Crippen molar-refractivity contribution < 1.29 is 14.3 Å². The van der Waals surface area contributed by atoms with Crippen LogP contribution >= 0.6 is 0 Å². The molecule has 6 heteroatoms. The highest BCUT2D eigenvalue weighted by Crippen LogP contribution is 2.31. The molecule has 0 bridgehead atoms. The fourth-order valence-corrected chi connectivity index (χ4v) is 4.85. The second-order valence-corrected chi connectivity index (χ2v) is 9.91. The molecule has 1 N–H and O–H groups in total. The minimum absolute atomic E-state index is 0.0118.